The molecule has 0 aromatic heterocycles. The fourth-order valence-corrected chi connectivity index (χ4v) is 2.08. The number of carbonyl (C=O) groups is 1. The highest BCUT2D eigenvalue weighted by Crippen LogP contribution is 2.04. The van der Waals surface area contributed by atoms with Crippen molar-refractivity contribution in [3.63, 3.8) is 0 Å². The lowest BCUT2D eigenvalue weighted by Crippen LogP contribution is -2.00. The van der Waals surface area contributed by atoms with Crippen LogP contribution in [0.15, 0.2) is 48.6 Å². The van der Waals surface area contributed by atoms with E-state index in [1.54, 1.807) is 0 Å². The number of carbonyl (C=O) groups excluding carboxylic acids is 1. The van der Waals surface area contributed by atoms with Crippen LogP contribution in [0, 0.1) is 0 Å². The maximum absolute atomic E-state index is 10.9. The number of unbranched alkanes of at least 4 members (excludes halogenated alkanes) is 3. The van der Waals surface area contributed by atoms with Crippen LogP contribution in [-0.4, -0.2) is 24.3 Å². The zero-order valence-corrected chi connectivity index (χ0v) is 15.3. The summed E-state index contributed by atoms with van der Waals surface area (Å²) >= 11 is 0. The van der Waals surface area contributed by atoms with E-state index in [0.717, 1.165) is 38.5 Å². The number of rotatable bonds is 14. The van der Waals surface area contributed by atoms with Gasteiger partial charge in [-0.25, -0.2) is 0 Å². The van der Waals surface area contributed by atoms with Gasteiger partial charge < -0.3 is 9.84 Å². The molecule has 0 aromatic carbocycles. The maximum atomic E-state index is 10.9. The number of aliphatic hydroxyl groups is 1. The first-order chi connectivity index (χ1) is 11.7. The molecule has 0 bridgehead atoms. The van der Waals surface area contributed by atoms with E-state index in [1.165, 1.54) is 20.0 Å². The summed E-state index contributed by atoms with van der Waals surface area (Å²) in [6, 6.07) is 0. The molecule has 0 fully saturated rings. The van der Waals surface area contributed by atoms with E-state index in [4.69, 9.17) is 0 Å². The molecule has 0 saturated heterocycles. The van der Waals surface area contributed by atoms with Gasteiger partial charge in [0.05, 0.1) is 13.2 Å². The first-order valence-electron chi connectivity index (χ1n) is 9.08. The van der Waals surface area contributed by atoms with E-state index >= 15 is 0 Å². The van der Waals surface area contributed by atoms with Gasteiger partial charge in [0.25, 0.3) is 0 Å². The summed E-state index contributed by atoms with van der Waals surface area (Å²) in [5.41, 5.74) is 0. The van der Waals surface area contributed by atoms with Gasteiger partial charge in [-0.2, -0.15) is 0 Å². The fourth-order valence-electron chi connectivity index (χ4n) is 2.08. The Morgan fingerprint density at radius 2 is 1.71 bits per heavy atom. The number of esters is 1. The minimum atomic E-state index is -0.318. The summed E-state index contributed by atoms with van der Waals surface area (Å²) in [7, 11) is 1.42. The second-order valence-corrected chi connectivity index (χ2v) is 5.76. The zero-order chi connectivity index (χ0) is 17.9. The molecule has 3 heteroatoms. The normalized spacial score (nSPS) is 13.6. The van der Waals surface area contributed by atoms with Gasteiger partial charge in [0.1, 0.15) is 0 Å². The second-order valence-electron chi connectivity index (χ2n) is 5.76. The zero-order valence-electron chi connectivity index (χ0n) is 15.3. The largest absolute Gasteiger partial charge is 0.469 e. The van der Waals surface area contributed by atoms with Gasteiger partial charge in [-0.15, -0.1) is 0 Å². The molecule has 0 aromatic rings. The summed E-state index contributed by atoms with van der Waals surface area (Å²) < 4.78 is 4.59. The standard InChI is InChI=1S/C21H34O3/c1-3-4-14-17-20(22)18-15-12-10-8-6-5-7-9-11-13-16-19-21(23)24-2/h5-6,9-12,15,18,20,22H,3-4,7-8,13-14,16-17,19H2,1-2H3/b6-5-,11-9-,12-10-,18-15-/t20-/m0/s1. The molecule has 0 amide bonds. The third-order valence-corrected chi connectivity index (χ3v) is 3.54. The number of hydrogen-bond acceptors (Lipinski definition) is 3. The Labute approximate surface area is 147 Å². The highest BCUT2D eigenvalue weighted by atomic mass is 16.5. The molecule has 0 rings (SSSR count). The van der Waals surface area contributed by atoms with E-state index in [-0.39, 0.29) is 12.1 Å². The molecule has 136 valence electrons. The third kappa shape index (κ3) is 16.8. The average molecular weight is 335 g/mol. The fraction of sp³-hybridized carbons (Fsp3) is 0.571. The number of hydrogen-bond donors (Lipinski definition) is 1. The van der Waals surface area contributed by atoms with Crippen molar-refractivity contribution in [1.82, 2.24) is 0 Å². The van der Waals surface area contributed by atoms with Crippen LogP contribution in [0.4, 0.5) is 0 Å². The highest BCUT2D eigenvalue weighted by Gasteiger charge is 1.97. The SMILES string of the molecule is CCCCC[C@H](O)/C=C\C=C/C/C=C\C/C=C\CCCC(=O)OC. The van der Waals surface area contributed by atoms with Crippen LogP contribution >= 0.6 is 0 Å². The second kappa shape index (κ2) is 17.7. The molecule has 0 spiro atoms. The van der Waals surface area contributed by atoms with Crippen molar-refractivity contribution in [2.24, 2.45) is 0 Å². The summed E-state index contributed by atoms with van der Waals surface area (Å²) in [6.07, 6.45) is 24.3. The van der Waals surface area contributed by atoms with E-state index in [2.05, 4.69) is 42.0 Å². The topological polar surface area (TPSA) is 46.5 Å². The van der Waals surface area contributed by atoms with Crippen molar-refractivity contribution in [1.29, 1.82) is 0 Å². The Morgan fingerprint density at radius 3 is 2.42 bits per heavy atom. The van der Waals surface area contributed by atoms with E-state index in [1.807, 2.05) is 18.2 Å². The van der Waals surface area contributed by atoms with Crippen LogP contribution < -0.4 is 0 Å². The van der Waals surface area contributed by atoms with Gasteiger partial charge in [-0.3, -0.25) is 4.79 Å². The lowest BCUT2D eigenvalue weighted by atomic mass is 10.1. The summed E-state index contributed by atoms with van der Waals surface area (Å²) in [4.78, 5) is 10.9. The molecular formula is C21H34O3. The molecule has 0 heterocycles. The number of ether oxygens (including phenoxy) is 1. The predicted octanol–water partition coefficient (Wildman–Crippen LogP) is 5.28. The lowest BCUT2D eigenvalue weighted by Gasteiger charge is -2.02. The molecule has 0 aliphatic carbocycles. The minimum Gasteiger partial charge on any atom is -0.469 e. The summed E-state index contributed by atoms with van der Waals surface area (Å²) in [5.74, 6) is -0.141. The van der Waals surface area contributed by atoms with Crippen LogP contribution in [0.5, 0.6) is 0 Å². The average Bonchev–Trinajstić information content (AvgIpc) is 2.58. The predicted molar refractivity (Wildman–Crippen MR) is 102 cm³/mol. The van der Waals surface area contributed by atoms with E-state index in [0.29, 0.717) is 6.42 Å². The molecule has 0 radical (unpaired) electrons. The first kappa shape index (κ1) is 22.4. The van der Waals surface area contributed by atoms with Crippen molar-refractivity contribution in [2.45, 2.75) is 70.8 Å². The van der Waals surface area contributed by atoms with E-state index < -0.39 is 0 Å². The van der Waals surface area contributed by atoms with Crippen LogP contribution in [-0.2, 0) is 9.53 Å². The summed E-state index contributed by atoms with van der Waals surface area (Å²) in [5, 5.41) is 9.71. The van der Waals surface area contributed by atoms with Crippen LogP contribution in [0.1, 0.15) is 64.7 Å². The van der Waals surface area contributed by atoms with Gasteiger partial charge in [0.15, 0.2) is 0 Å². The maximum Gasteiger partial charge on any atom is 0.305 e. The monoisotopic (exact) mass is 334 g/mol. The van der Waals surface area contributed by atoms with Crippen molar-refractivity contribution in [2.75, 3.05) is 7.11 Å². The Kier molecular flexibility index (Phi) is 16.5. The quantitative estimate of drug-likeness (QED) is 0.203. The minimum absolute atomic E-state index is 0.141. The number of aliphatic hydroxyl groups excluding tert-OH is 1. The van der Waals surface area contributed by atoms with Crippen LogP contribution in [0.3, 0.4) is 0 Å². The molecule has 0 saturated carbocycles. The van der Waals surface area contributed by atoms with Crippen molar-refractivity contribution < 1.29 is 14.6 Å². The van der Waals surface area contributed by atoms with Gasteiger partial charge in [-0.05, 0) is 32.1 Å². The Balaban J connectivity index is 3.58. The molecule has 0 aliphatic heterocycles. The first-order valence-corrected chi connectivity index (χ1v) is 9.08. The van der Waals surface area contributed by atoms with Crippen LogP contribution in [0.2, 0.25) is 0 Å². The summed E-state index contributed by atoms with van der Waals surface area (Å²) in [6.45, 7) is 2.17. The molecule has 1 atom stereocenters. The smallest absolute Gasteiger partial charge is 0.305 e. The molecule has 0 unspecified atom stereocenters. The van der Waals surface area contributed by atoms with Gasteiger partial charge in [0, 0.05) is 6.42 Å². The number of allylic oxidation sites excluding steroid dienone is 7. The van der Waals surface area contributed by atoms with Gasteiger partial charge in [-0.1, -0.05) is 74.8 Å². The van der Waals surface area contributed by atoms with Gasteiger partial charge >= 0.3 is 5.97 Å². The van der Waals surface area contributed by atoms with Crippen molar-refractivity contribution in [3.8, 4) is 0 Å². The van der Waals surface area contributed by atoms with Crippen LogP contribution in [0.25, 0.3) is 0 Å². The molecule has 1 N–H and O–H groups in total. The Hall–Kier alpha value is -1.61. The van der Waals surface area contributed by atoms with Crippen molar-refractivity contribution in [3.05, 3.63) is 48.6 Å². The number of methoxy groups -OCH3 is 1. The highest BCUT2D eigenvalue weighted by molar-refractivity contribution is 5.69. The Morgan fingerprint density at radius 1 is 1.00 bits per heavy atom. The van der Waals surface area contributed by atoms with Crippen molar-refractivity contribution >= 4 is 5.97 Å². The molecular weight excluding hydrogens is 300 g/mol. The molecule has 0 aliphatic rings. The lowest BCUT2D eigenvalue weighted by molar-refractivity contribution is -0.140. The third-order valence-electron chi connectivity index (χ3n) is 3.54. The Bertz CT molecular complexity index is 405. The molecule has 24 heavy (non-hydrogen) atoms. The van der Waals surface area contributed by atoms with E-state index in [9.17, 15) is 9.90 Å². The molecule has 3 nitrogen and oxygen atoms in total. The van der Waals surface area contributed by atoms with Gasteiger partial charge in [0.2, 0.25) is 0 Å².